The molecule has 0 amide bonds. The number of carboxylic acids is 2. The first kappa shape index (κ1) is 15.0. The minimum Gasteiger partial charge on any atom is -0.480 e. The van der Waals surface area contributed by atoms with Crippen LogP contribution in [-0.4, -0.2) is 48.3 Å². The number of fused-ring (bicyclic) bond motifs is 2. The number of carbonyl (C=O) groups excluding carboxylic acids is 2. The smallest absolute Gasteiger partial charge is 0.325 e. The van der Waals surface area contributed by atoms with E-state index in [4.69, 9.17) is 0 Å². The second kappa shape index (κ2) is 4.57. The van der Waals surface area contributed by atoms with Crippen molar-refractivity contribution in [3.63, 3.8) is 0 Å². The maximum absolute atomic E-state index is 12.2. The Kier molecular flexibility index (Phi) is 3.27. The number of allylic oxidation sites excluding steroid dienone is 2. The van der Waals surface area contributed by atoms with Crippen LogP contribution in [0.25, 0.3) is 0 Å². The van der Waals surface area contributed by atoms with Gasteiger partial charge in [-0.25, -0.2) is 0 Å². The molecule has 0 heterocycles. The molecule has 2 N–H and O–H groups in total. The molecule has 114 valence electrons. The van der Waals surface area contributed by atoms with Gasteiger partial charge in [-0.1, -0.05) is 12.2 Å². The first-order chi connectivity index (χ1) is 9.81. The van der Waals surface area contributed by atoms with Gasteiger partial charge in [0, 0.05) is 11.8 Å². The molecule has 21 heavy (non-hydrogen) atoms. The van der Waals surface area contributed by atoms with Gasteiger partial charge < -0.3 is 19.7 Å². The molecule has 0 aromatic heterocycles. The van der Waals surface area contributed by atoms with E-state index < -0.39 is 46.5 Å². The van der Waals surface area contributed by atoms with Gasteiger partial charge in [-0.2, -0.15) is 0 Å². The van der Waals surface area contributed by atoms with Crippen LogP contribution in [0.5, 0.6) is 0 Å². The molecule has 4 unspecified atom stereocenters. The van der Waals surface area contributed by atoms with Crippen molar-refractivity contribution in [2.75, 3.05) is 14.2 Å². The van der Waals surface area contributed by atoms with Gasteiger partial charge in [-0.15, -0.1) is 0 Å². The number of rotatable bonds is 4. The Morgan fingerprint density at radius 1 is 0.905 bits per heavy atom. The van der Waals surface area contributed by atoms with E-state index >= 15 is 0 Å². The topological polar surface area (TPSA) is 127 Å². The van der Waals surface area contributed by atoms with Gasteiger partial charge in [-0.05, 0) is 6.42 Å². The summed E-state index contributed by atoms with van der Waals surface area (Å²) in [5.41, 5.74) is -5.06. The molecule has 0 radical (unpaired) electrons. The highest BCUT2D eigenvalue weighted by atomic mass is 16.5. The quantitative estimate of drug-likeness (QED) is 0.410. The van der Waals surface area contributed by atoms with Crippen molar-refractivity contribution < 1.29 is 38.9 Å². The highest BCUT2D eigenvalue weighted by Gasteiger charge is 2.82. The Hall–Kier alpha value is -2.38. The molecule has 4 atom stereocenters. The summed E-state index contributed by atoms with van der Waals surface area (Å²) >= 11 is 0. The lowest BCUT2D eigenvalue weighted by molar-refractivity contribution is -0.199. The molecule has 0 aromatic rings. The normalized spacial score (nSPS) is 36.3. The Balaban J connectivity index is 2.85. The fraction of sp³-hybridized carbons (Fsp3) is 0.538. The highest BCUT2D eigenvalue weighted by molar-refractivity contribution is 6.15. The highest BCUT2D eigenvalue weighted by Crippen LogP contribution is 2.65. The zero-order valence-electron chi connectivity index (χ0n) is 11.4. The molecule has 2 rings (SSSR count). The van der Waals surface area contributed by atoms with Crippen molar-refractivity contribution in [3.05, 3.63) is 12.2 Å². The second-order valence-electron chi connectivity index (χ2n) is 5.04. The van der Waals surface area contributed by atoms with Gasteiger partial charge in [0.25, 0.3) is 0 Å². The van der Waals surface area contributed by atoms with Crippen molar-refractivity contribution in [3.8, 4) is 0 Å². The third kappa shape index (κ3) is 1.39. The fourth-order valence-electron chi connectivity index (χ4n) is 3.70. The lowest BCUT2D eigenvalue weighted by Gasteiger charge is -2.40. The van der Waals surface area contributed by atoms with E-state index in [0.717, 1.165) is 14.2 Å². The summed E-state index contributed by atoms with van der Waals surface area (Å²) in [5.74, 6) is -7.83. The van der Waals surface area contributed by atoms with Crippen LogP contribution in [0.2, 0.25) is 0 Å². The zero-order valence-corrected chi connectivity index (χ0v) is 11.4. The minimum absolute atomic E-state index is 0.0583. The Bertz CT molecular complexity index is 517. The summed E-state index contributed by atoms with van der Waals surface area (Å²) in [5, 5.41) is 19.2. The van der Waals surface area contributed by atoms with Crippen molar-refractivity contribution in [2.24, 2.45) is 22.7 Å². The molecular weight excluding hydrogens is 284 g/mol. The second-order valence-corrected chi connectivity index (χ2v) is 5.04. The minimum atomic E-state index is -2.53. The van der Waals surface area contributed by atoms with Gasteiger partial charge in [0.05, 0.1) is 14.2 Å². The van der Waals surface area contributed by atoms with Crippen LogP contribution in [0.3, 0.4) is 0 Å². The molecule has 0 aliphatic heterocycles. The largest absolute Gasteiger partial charge is 0.480 e. The zero-order chi connectivity index (χ0) is 16.0. The third-order valence-electron chi connectivity index (χ3n) is 4.51. The predicted molar refractivity (Wildman–Crippen MR) is 64.9 cm³/mol. The van der Waals surface area contributed by atoms with Crippen LogP contribution in [0.4, 0.5) is 0 Å². The number of ether oxygens (including phenoxy) is 2. The van der Waals surface area contributed by atoms with E-state index in [1.807, 2.05) is 0 Å². The lowest BCUT2D eigenvalue weighted by atomic mass is 9.57. The molecule has 1 saturated carbocycles. The fourth-order valence-corrected chi connectivity index (χ4v) is 3.70. The number of methoxy groups -OCH3 is 2. The summed E-state index contributed by atoms with van der Waals surface area (Å²) < 4.78 is 9.05. The van der Waals surface area contributed by atoms with Crippen molar-refractivity contribution >= 4 is 23.9 Å². The molecule has 0 aromatic carbocycles. The van der Waals surface area contributed by atoms with Crippen LogP contribution in [0.1, 0.15) is 6.42 Å². The molecular formula is C13H14O8. The number of aliphatic carboxylic acids is 2. The Labute approximate surface area is 119 Å². The van der Waals surface area contributed by atoms with Gasteiger partial charge in [0.2, 0.25) is 0 Å². The van der Waals surface area contributed by atoms with E-state index in [1.165, 1.54) is 12.2 Å². The molecule has 2 aliphatic rings. The number of hydrogen-bond donors (Lipinski definition) is 2. The molecule has 0 saturated heterocycles. The van der Waals surface area contributed by atoms with Crippen molar-refractivity contribution in [1.29, 1.82) is 0 Å². The summed E-state index contributed by atoms with van der Waals surface area (Å²) in [7, 11) is 1.90. The third-order valence-corrected chi connectivity index (χ3v) is 4.51. The van der Waals surface area contributed by atoms with Gasteiger partial charge in [0.1, 0.15) is 0 Å². The maximum atomic E-state index is 12.2. The van der Waals surface area contributed by atoms with E-state index in [1.54, 1.807) is 0 Å². The standard InChI is InChI=1S/C13H14O8/c1-20-10(18)12(8(14)15)6-3-4-7(5-6)13(12,9(16)17)11(19)21-2/h3-4,6-7H,5H2,1-2H3,(H,14,15)(H,16,17). The van der Waals surface area contributed by atoms with E-state index in [2.05, 4.69) is 9.47 Å². The average molecular weight is 298 g/mol. The summed E-state index contributed by atoms with van der Waals surface area (Å²) in [6, 6.07) is 0. The summed E-state index contributed by atoms with van der Waals surface area (Å²) in [6.07, 6.45) is 2.95. The molecule has 1 fully saturated rings. The van der Waals surface area contributed by atoms with Crippen LogP contribution in [-0.2, 0) is 28.7 Å². The first-order valence-electron chi connectivity index (χ1n) is 6.13. The Morgan fingerprint density at radius 3 is 1.48 bits per heavy atom. The van der Waals surface area contributed by atoms with Crippen LogP contribution in [0.15, 0.2) is 12.2 Å². The SMILES string of the molecule is COC(=O)C1(C(=O)O)C2C=CC(C2)C1(C(=O)O)C(=O)OC. The van der Waals surface area contributed by atoms with Gasteiger partial charge in [-0.3, -0.25) is 19.2 Å². The van der Waals surface area contributed by atoms with Gasteiger partial charge in [0.15, 0.2) is 10.8 Å². The monoisotopic (exact) mass is 298 g/mol. The molecule has 0 spiro atoms. The number of hydrogen-bond acceptors (Lipinski definition) is 6. The van der Waals surface area contributed by atoms with E-state index in [-0.39, 0.29) is 6.42 Å². The summed E-state index contributed by atoms with van der Waals surface area (Å²) in [4.78, 5) is 48.1. The van der Waals surface area contributed by atoms with Crippen LogP contribution in [0, 0.1) is 22.7 Å². The maximum Gasteiger partial charge on any atom is 0.325 e. The molecule has 2 aliphatic carbocycles. The van der Waals surface area contributed by atoms with Crippen molar-refractivity contribution in [1.82, 2.24) is 0 Å². The number of esters is 2. The van der Waals surface area contributed by atoms with Crippen LogP contribution < -0.4 is 0 Å². The van der Waals surface area contributed by atoms with Crippen molar-refractivity contribution in [2.45, 2.75) is 6.42 Å². The van der Waals surface area contributed by atoms with Crippen LogP contribution >= 0.6 is 0 Å². The lowest BCUT2D eigenvalue weighted by Crippen LogP contribution is -2.63. The average Bonchev–Trinajstić information content (AvgIpc) is 3.03. The van der Waals surface area contributed by atoms with E-state index in [9.17, 15) is 29.4 Å². The number of carbonyl (C=O) groups is 4. The van der Waals surface area contributed by atoms with E-state index in [0.29, 0.717) is 0 Å². The van der Waals surface area contributed by atoms with Gasteiger partial charge >= 0.3 is 23.9 Å². The molecule has 8 heteroatoms. The number of carboxylic acid groups (broad SMARTS) is 2. The molecule has 2 bridgehead atoms. The first-order valence-corrected chi connectivity index (χ1v) is 6.13. The predicted octanol–water partition coefficient (Wildman–Crippen LogP) is -0.320. The Morgan fingerprint density at radius 2 is 1.24 bits per heavy atom. The molecule has 8 nitrogen and oxygen atoms in total. The summed E-state index contributed by atoms with van der Waals surface area (Å²) in [6.45, 7) is 0.